The number of hydrogen-bond donors (Lipinski definition) is 2. The Morgan fingerprint density at radius 2 is 1.55 bits per heavy atom. The van der Waals surface area contributed by atoms with Crippen LogP contribution in [0.25, 0.3) is 11.1 Å². The fourth-order valence-corrected chi connectivity index (χ4v) is 4.91. The molecule has 0 saturated carbocycles. The van der Waals surface area contributed by atoms with Gasteiger partial charge in [0.25, 0.3) is 11.8 Å². The maximum Gasteiger partial charge on any atom is 0.323 e. The standard InChI is InChI=1S/C24H23N3O3S/c1-27(2)24(30)26-22(29)20-18-9-6-10-19(18)31-23(20)25-21(28)17-13-11-16(12-14-17)15-7-4-3-5-8-15/h3-5,7-8,11-14H,6,9-10H2,1-2H3,(H,25,28)(H,26,29,30). The first kappa shape index (κ1) is 20.8. The Kier molecular flexibility index (Phi) is 5.86. The predicted molar refractivity (Wildman–Crippen MR) is 123 cm³/mol. The van der Waals surface area contributed by atoms with Crippen molar-refractivity contribution in [2.45, 2.75) is 19.3 Å². The molecule has 0 spiro atoms. The molecule has 31 heavy (non-hydrogen) atoms. The van der Waals surface area contributed by atoms with Crippen molar-refractivity contribution in [3.05, 3.63) is 76.2 Å². The number of aryl methyl sites for hydroxylation is 1. The quantitative estimate of drug-likeness (QED) is 0.633. The lowest BCUT2D eigenvalue weighted by Gasteiger charge is -2.12. The van der Waals surface area contributed by atoms with Gasteiger partial charge in [-0.1, -0.05) is 42.5 Å². The number of amides is 4. The van der Waals surface area contributed by atoms with Crippen LogP contribution in [0.5, 0.6) is 0 Å². The second-order valence-electron chi connectivity index (χ2n) is 7.61. The highest BCUT2D eigenvalue weighted by atomic mass is 32.1. The van der Waals surface area contributed by atoms with Gasteiger partial charge in [0.15, 0.2) is 0 Å². The minimum absolute atomic E-state index is 0.285. The highest BCUT2D eigenvalue weighted by Gasteiger charge is 2.28. The van der Waals surface area contributed by atoms with Crippen molar-refractivity contribution in [2.75, 3.05) is 19.4 Å². The van der Waals surface area contributed by atoms with E-state index >= 15 is 0 Å². The predicted octanol–water partition coefficient (Wildman–Crippen LogP) is 4.57. The van der Waals surface area contributed by atoms with E-state index in [-0.39, 0.29) is 5.91 Å². The maximum absolute atomic E-state index is 12.9. The first-order chi connectivity index (χ1) is 14.9. The topological polar surface area (TPSA) is 78.5 Å². The number of urea groups is 1. The van der Waals surface area contributed by atoms with E-state index in [2.05, 4.69) is 10.6 Å². The average molecular weight is 434 g/mol. The molecule has 4 rings (SSSR count). The van der Waals surface area contributed by atoms with Crippen LogP contribution in [-0.2, 0) is 12.8 Å². The van der Waals surface area contributed by atoms with Crippen LogP contribution >= 0.6 is 11.3 Å². The summed E-state index contributed by atoms with van der Waals surface area (Å²) < 4.78 is 0. The number of rotatable bonds is 4. The second kappa shape index (κ2) is 8.73. The highest BCUT2D eigenvalue weighted by molar-refractivity contribution is 7.17. The van der Waals surface area contributed by atoms with Crippen LogP contribution in [0.2, 0.25) is 0 Å². The Hall–Kier alpha value is -3.45. The summed E-state index contributed by atoms with van der Waals surface area (Å²) in [6.07, 6.45) is 2.62. The molecule has 3 aromatic rings. The number of nitrogens with one attached hydrogen (secondary N) is 2. The van der Waals surface area contributed by atoms with Gasteiger partial charge in [-0.15, -0.1) is 11.3 Å². The summed E-state index contributed by atoms with van der Waals surface area (Å²) >= 11 is 1.42. The molecule has 2 aromatic carbocycles. The van der Waals surface area contributed by atoms with E-state index in [1.165, 1.54) is 16.2 Å². The Bertz CT molecular complexity index is 1130. The lowest BCUT2D eigenvalue weighted by molar-refractivity contribution is 0.0957. The minimum Gasteiger partial charge on any atom is -0.331 e. The fraction of sp³-hybridized carbons (Fsp3) is 0.208. The van der Waals surface area contributed by atoms with Crippen molar-refractivity contribution >= 4 is 34.2 Å². The van der Waals surface area contributed by atoms with Gasteiger partial charge in [0.05, 0.1) is 5.56 Å². The molecule has 1 aliphatic carbocycles. The number of imide groups is 1. The summed E-state index contributed by atoms with van der Waals surface area (Å²) in [6.45, 7) is 0. The largest absolute Gasteiger partial charge is 0.331 e. The first-order valence-corrected chi connectivity index (χ1v) is 10.9. The number of anilines is 1. The average Bonchev–Trinajstić information content (AvgIpc) is 3.35. The second-order valence-corrected chi connectivity index (χ2v) is 8.72. The van der Waals surface area contributed by atoms with Crippen molar-refractivity contribution in [2.24, 2.45) is 0 Å². The summed E-state index contributed by atoms with van der Waals surface area (Å²) in [5.74, 6) is -0.764. The Balaban J connectivity index is 1.56. The third kappa shape index (κ3) is 4.36. The van der Waals surface area contributed by atoms with Gasteiger partial charge in [-0.3, -0.25) is 14.9 Å². The molecule has 0 aliphatic heterocycles. The monoisotopic (exact) mass is 433 g/mol. The number of carbonyl (C=O) groups excluding carboxylic acids is 3. The third-order valence-corrected chi connectivity index (χ3v) is 6.46. The van der Waals surface area contributed by atoms with Gasteiger partial charge in [0, 0.05) is 24.5 Å². The molecule has 0 saturated heterocycles. The van der Waals surface area contributed by atoms with Crippen molar-refractivity contribution < 1.29 is 14.4 Å². The van der Waals surface area contributed by atoms with Crippen LogP contribution in [0, 0.1) is 0 Å². The van der Waals surface area contributed by atoms with Crippen molar-refractivity contribution in [1.29, 1.82) is 0 Å². The van der Waals surface area contributed by atoms with Gasteiger partial charge in [0.1, 0.15) is 5.00 Å². The minimum atomic E-state index is -0.489. The number of fused-ring (bicyclic) bond motifs is 1. The SMILES string of the molecule is CN(C)C(=O)NC(=O)c1c(NC(=O)c2ccc(-c3ccccc3)cc2)sc2c1CCC2. The van der Waals surface area contributed by atoms with Crippen molar-refractivity contribution in [3.8, 4) is 11.1 Å². The molecule has 6 nitrogen and oxygen atoms in total. The van der Waals surface area contributed by atoms with Crippen molar-refractivity contribution in [1.82, 2.24) is 10.2 Å². The lowest BCUT2D eigenvalue weighted by atomic mass is 10.0. The number of benzene rings is 2. The molecule has 1 aromatic heterocycles. The normalized spacial score (nSPS) is 12.2. The van der Waals surface area contributed by atoms with E-state index in [0.29, 0.717) is 16.1 Å². The first-order valence-electron chi connectivity index (χ1n) is 10.1. The van der Waals surface area contributed by atoms with Crippen LogP contribution in [0.4, 0.5) is 9.80 Å². The Labute approximate surface area is 184 Å². The summed E-state index contributed by atoms with van der Waals surface area (Å²) in [4.78, 5) is 40.1. The molecule has 0 atom stereocenters. The molecule has 1 heterocycles. The molecule has 7 heteroatoms. The van der Waals surface area contributed by atoms with Crippen LogP contribution in [0.3, 0.4) is 0 Å². The van der Waals surface area contributed by atoms with E-state index in [4.69, 9.17) is 0 Å². The van der Waals surface area contributed by atoms with Crippen molar-refractivity contribution in [3.63, 3.8) is 0 Å². The van der Waals surface area contributed by atoms with Gasteiger partial charge in [0.2, 0.25) is 0 Å². The Morgan fingerprint density at radius 3 is 2.23 bits per heavy atom. The molecule has 0 fully saturated rings. The van der Waals surface area contributed by atoms with Gasteiger partial charge in [-0.2, -0.15) is 0 Å². The summed E-state index contributed by atoms with van der Waals surface area (Å²) in [5, 5.41) is 5.78. The molecule has 2 N–H and O–H groups in total. The molecule has 1 aliphatic rings. The van der Waals surface area contributed by atoms with E-state index in [9.17, 15) is 14.4 Å². The van der Waals surface area contributed by atoms with Gasteiger partial charge >= 0.3 is 6.03 Å². The molecule has 0 unspecified atom stereocenters. The number of hydrogen-bond acceptors (Lipinski definition) is 4. The third-order valence-electron chi connectivity index (χ3n) is 5.26. The van der Waals surface area contributed by atoms with E-state index in [1.807, 2.05) is 42.5 Å². The van der Waals surface area contributed by atoms with Crippen LogP contribution in [-0.4, -0.2) is 36.8 Å². The van der Waals surface area contributed by atoms with E-state index in [0.717, 1.165) is 40.8 Å². The van der Waals surface area contributed by atoms with Gasteiger partial charge in [-0.05, 0) is 48.1 Å². The Morgan fingerprint density at radius 1 is 0.871 bits per heavy atom. The van der Waals surface area contributed by atoms with Crippen LogP contribution in [0.15, 0.2) is 54.6 Å². The van der Waals surface area contributed by atoms with E-state index < -0.39 is 11.9 Å². The fourth-order valence-electron chi connectivity index (χ4n) is 3.62. The zero-order valence-corrected chi connectivity index (χ0v) is 18.2. The van der Waals surface area contributed by atoms with Crippen LogP contribution < -0.4 is 10.6 Å². The molecular formula is C24H23N3O3S. The zero-order chi connectivity index (χ0) is 22.0. The smallest absolute Gasteiger partial charge is 0.323 e. The zero-order valence-electron chi connectivity index (χ0n) is 17.4. The maximum atomic E-state index is 12.9. The van der Waals surface area contributed by atoms with Gasteiger partial charge < -0.3 is 10.2 Å². The molecule has 4 amide bonds. The highest BCUT2D eigenvalue weighted by Crippen LogP contribution is 2.39. The lowest BCUT2D eigenvalue weighted by Crippen LogP contribution is -2.39. The van der Waals surface area contributed by atoms with Crippen LogP contribution in [0.1, 0.15) is 37.6 Å². The van der Waals surface area contributed by atoms with Gasteiger partial charge in [-0.25, -0.2) is 4.79 Å². The molecule has 0 radical (unpaired) electrons. The summed E-state index contributed by atoms with van der Waals surface area (Å²) in [5.41, 5.74) is 3.94. The molecular weight excluding hydrogens is 410 g/mol. The van der Waals surface area contributed by atoms with E-state index in [1.54, 1.807) is 26.2 Å². The number of nitrogens with zero attached hydrogens (tertiary/aromatic N) is 1. The molecule has 158 valence electrons. The summed E-state index contributed by atoms with van der Waals surface area (Å²) in [7, 11) is 3.14. The summed E-state index contributed by atoms with van der Waals surface area (Å²) in [6, 6.07) is 16.8. The number of thiophene rings is 1. The number of carbonyl (C=O) groups is 3. The molecule has 0 bridgehead atoms.